The van der Waals surface area contributed by atoms with Crippen LogP contribution in [0.25, 0.3) is 11.3 Å². The summed E-state index contributed by atoms with van der Waals surface area (Å²) in [7, 11) is 1.60. The zero-order valence-electron chi connectivity index (χ0n) is 14.3. The number of pyridine rings is 1. The van der Waals surface area contributed by atoms with E-state index in [9.17, 15) is 4.79 Å². The van der Waals surface area contributed by atoms with Gasteiger partial charge in [-0.1, -0.05) is 29.8 Å². The third-order valence-electron chi connectivity index (χ3n) is 3.97. The molecule has 1 aromatic heterocycles. The summed E-state index contributed by atoms with van der Waals surface area (Å²) < 4.78 is 5.11. The van der Waals surface area contributed by atoms with Crippen LogP contribution >= 0.6 is 0 Å². The number of carbonyl (C=O) groups excluding carboxylic acids is 1. The number of benzene rings is 2. The standard InChI is InChI=1S/C21H20N2O2/c1-15-5-3-6-17(13-15)20-18(7-4-12-22-20)14-23-21(24)16-8-10-19(25-2)11-9-16/h3-13H,14H2,1-2H3,(H,23,24). The Balaban J connectivity index is 1.76. The molecule has 3 aromatic rings. The van der Waals surface area contributed by atoms with Crippen molar-refractivity contribution in [3.63, 3.8) is 0 Å². The van der Waals surface area contributed by atoms with Crippen molar-refractivity contribution >= 4 is 5.91 Å². The van der Waals surface area contributed by atoms with Gasteiger partial charge in [-0.15, -0.1) is 0 Å². The average molecular weight is 332 g/mol. The van der Waals surface area contributed by atoms with Crippen molar-refractivity contribution in [3.8, 4) is 17.0 Å². The number of ether oxygens (including phenoxy) is 1. The summed E-state index contributed by atoms with van der Waals surface area (Å²) in [4.78, 5) is 16.8. The van der Waals surface area contributed by atoms with E-state index in [1.807, 2.05) is 24.3 Å². The van der Waals surface area contributed by atoms with Gasteiger partial charge in [-0.05, 0) is 48.9 Å². The molecule has 0 spiro atoms. The lowest BCUT2D eigenvalue weighted by atomic mass is 10.0. The third-order valence-corrected chi connectivity index (χ3v) is 3.97. The molecule has 126 valence electrons. The molecule has 4 nitrogen and oxygen atoms in total. The van der Waals surface area contributed by atoms with Gasteiger partial charge in [0, 0.05) is 23.9 Å². The fraction of sp³-hybridized carbons (Fsp3) is 0.143. The molecule has 1 amide bonds. The van der Waals surface area contributed by atoms with Gasteiger partial charge in [-0.2, -0.15) is 0 Å². The van der Waals surface area contributed by atoms with Gasteiger partial charge in [0.2, 0.25) is 0 Å². The molecule has 0 radical (unpaired) electrons. The summed E-state index contributed by atoms with van der Waals surface area (Å²) >= 11 is 0. The van der Waals surface area contributed by atoms with Gasteiger partial charge >= 0.3 is 0 Å². The summed E-state index contributed by atoms with van der Waals surface area (Å²) in [5.41, 5.74) is 4.70. The van der Waals surface area contributed by atoms with Crippen LogP contribution in [0.2, 0.25) is 0 Å². The lowest BCUT2D eigenvalue weighted by molar-refractivity contribution is 0.0951. The normalized spacial score (nSPS) is 10.3. The molecule has 0 aliphatic heterocycles. The first kappa shape index (κ1) is 16.7. The van der Waals surface area contributed by atoms with Crippen LogP contribution in [0.4, 0.5) is 0 Å². The van der Waals surface area contributed by atoms with Crippen LogP contribution in [0.5, 0.6) is 5.75 Å². The molecule has 0 aliphatic carbocycles. The number of hydrogen-bond donors (Lipinski definition) is 1. The first-order valence-corrected chi connectivity index (χ1v) is 8.10. The lowest BCUT2D eigenvalue weighted by Crippen LogP contribution is -2.23. The Labute approximate surface area is 147 Å². The number of amides is 1. The molecule has 1 heterocycles. The van der Waals surface area contributed by atoms with E-state index in [2.05, 4.69) is 29.4 Å². The summed E-state index contributed by atoms with van der Waals surface area (Å²) in [6.07, 6.45) is 1.77. The molecule has 0 atom stereocenters. The molecule has 0 saturated heterocycles. The number of aryl methyl sites for hydroxylation is 1. The highest BCUT2D eigenvalue weighted by atomic mass is 16.5. The zero-order chi connectivity index (χ0) is 17.6. The van der Waals surface area contributed by atoms with Crippen LogP contribution < -0.4 is 10.1 Å². The highest BCUT2D eigenvalue weighted by Crippen LogP contribution is 2.22. The number of carbonyl (C=O) groups is 1. The minimum Gasteiger partial charge on any atom is -0.497 e. The molecule has 0 bridgehead atoms. The maximum atomic E-state index is 12.3. The first-order valence-electron chi connectivity index (χ1n) is 8.10. The first-order chi connectivity index (χ1) is 12.2. The number of nitrogens with zero attached hydrogens (tertiary/aromatic N) is 1. The maximum Gasteiger partial charge on any atom is 0.251 e. The molecule has 25 heavy (non-hydrogen) atoms. The number of methoxy groups -OCH3 is 1. The summed E-state index contributed by atoms with van der Waals surface area (Å²) in [6, 6.07) is 19.1. The Kier molecular flexibility index (Phi) is 5.09. The largest absolute Gasteiger partial charge is 0.497 e. The van der Waals surface area contributed by atoms with Crippen molar-refractivity contribution < 1.29 is 9.53 Å². The number of hydrogen-bond acceptors (Lipinski definition) is 3. The van der Waals surface area contributed by atoms with Gasteiger partial charge in [0.05, 0.1) is 12.8 Å². The molecule has 0 saturated carbocycles. The number of aromatic nitrogens is 1. The summed E-state index contributed by atoms with van der Waals surface area (Å²) in [6.45, 7) is 2.47. The SMILES string of the molecule is COc1ccc(C(=O)NCc2cccnc2-c2cccc(C)c2)cc1. The van der Waals surface area contributed by atoms with Gasteiger partial charge in [0.1, 0.15) is 5.75 Å². The topological polar surface area (TPSA) is 51.2 Å². The van der Waals surface area contributed by atoms with E-state index in [4.69, 9.17) is 4.74 Å². The van der Waals surface area contributed by atoms with Gasteiger partial charge in [-0.25, -0.2) is 0 Å². The molecule has 0 unspecified atom stereocenters. The van der Waals surface area contributed by atoms with Crippen LogP contribution in [0.3, 0.4) is 0 Å². The van der Waals surface area contributed by atoms with Gasteiger partial charge < -0.3 is 10.1 Å². The van der Waals surface area contributed by atoms with Crippen LogP contribution in [-0.4, -0.2) is 18.0 Å². The van der Waals surface area contributed by atoms with E-state index in [-0.39, 0.29) is 5.91 Å². The molecule has 1 N–H and O–H groups in total. The second kappa shape index (κ2) is 7.62. The Morgan fingerprint density at radius 1 is 1.08 bits per heavy atom. The predicted molar refractivity (Wildman–Crippen MR) is 98.6 cm³/mol. The van der Waals surface area contributed by atoms with Gasteiger partial charge in [0.25, 0.3) is 5.91 Å². The molecule has 0 aliphatic rings. The Bertz CT molecular complexity index is 873. The molecular formula is C21H20N2O2. The average Bonchev–Trinajstić information content (AvgIpc) is 2.66. The molecule has 0 fully saturated rings. The van der Waals surface area contributed by atoms with Crippen molar-refractivity contribution in [2.45, 2.75) is 13.5 Å². The van der Waals surface area contributed by atoms with Crippen LogP contribution in [-0.2, 0) is 6.54 Å². The highest BCUT2D eigenvalue weighted by Gasteiger charge is 2.09. The maximum absolute atomic E-state index is 12.3. The van der Waals surface area contributed by atoms with E-state index >= 15 is 0 Å². The molecular weight excluding hydrogens is 312 g/mol. The second-order valence-electron chi connectivity index (χ2n) is 5.79. The lowest BCUT2D eigenvalue weighted by Gasteiger charge is -2.11. The van der Waals surface area contributed by atoms with Crippen LogP contribution in [0, 0.1) is 6.92 Å². The Hall–Kier alpha value is -3.14. The van der Waals surface area contributed by atoms with Crippen LogP contribution in [0.1, 0.15) is 21.5 Å². The fourth-order valence-electron chi connectivity index (χ4n) is 2.65. The Morgan fingerprint density at radius 2 is 1.88 bits per heavy atom. The molecule has 3 rings (SSSR count). The smallest absolute Gasteiger partial charge is 0.251 e. The van der Waals surface area contributed by atoms with Crippen molar-refractivity contribution in [2.24, 2.45) is 0 Å². The highest BCUT2D eigenvalue weighted by molar-refractivity contribution is 5.94. The minimum absolute atomic E-state index is 0.123. The van der Waals surface area contributed by atoms with E-state index in [1.54, 1.807) is 37.6 Å². The monoisotopic (exact) mass is 332 g/mol. The minimum atomic E-state index is -0.123. The number of rotatable bonds is 5. The summed E-state index contributed by atoms with van der Waals surface area (Å²) in [5.74, 6) is 0.604. The zero-order valence-corrected chi connectivity index (χ0v) is 14.3. The molecule has 2 aromatic carbocycles. The second-order valence-corrected chi connectivity index (χ2v) is 5.79. The van der Waals surface area contributed by atoms with Crippen molar-refractivity contribution in [1.82, 2.24) is 10.3 Å². The van der Waals surface area contributed by atoms with Gasteiger partial charge in [0.15, 0.2) is 0 Å². The quantitative estimate of drug-likeness (QED) is 0.768. The fourth-order valence-corrected chi connectivity index (χ4v) is 2.65. The van der Waals surface area contributed by atoms with E-state index < -0.39 is 0 Å². The van der Waals surface area contributed by atoms with Gasteiger partial charge in [-0.3, -0.25) is 9.78 Å². The van der Waals surface area contributed by atoms with E-state index in [0.29, 0.717) is 12.1 Å². The van der Waals surface area contributed by atoms with E-state index in [1.165, 1.54) is 5.56 Å². The Morgan fingerprint density at radius 3 is 2.60 bits per heavy atom. The predicted octanol–water partition coefficient (Wildman–Crippen LogP) is 4.00. The summed E-state index contributed by atoms with van der Waals surface area (Å²) in [5, 5.41) is 2.96. The van der Waals surface area contributed by atoms with Crippen molar-refractivity contribution in [2.75, 3.05) is 7.11 Å². The third kappa shape index (κ3) is 4.04. The van der Waals surface area contributed by atoms with Crippen LogP contribution in [0.15, 0.2) is 66.9 Å². The van der Waals surface area contributed by atoms with E-state index in [0.717, 1.165) is 22.6 Å². The molecule has 4 heteroatoms. The van der Waals surface area contributed by atoms with Crippen molar-refractivity contribution in [3.05, 3.63) is 83.6 Å². The number of nitrogens with one attached hydrogen (secondary N) is 1. The van der Waals surface area contributed by atoms with Crippen molar-refractivity contribution in [1.29, 1.82) is 0 Å².